The number of aromatic nitrogens is 3. The second-order valence-electron chi connectivity index (χ2n) is 8.45. The first kappa shape index (κ1) is 21.7. The van der Waals surface area contributed by atoms with E-state index in [-0.39, 0.29) is 22.7 Å². The van der Waals surface area contributed by atoms with Crippen LogP contribution in [0.15, 0.2) is 11.0 Å². The van der Waals surface area contributed by atoms with Crippen molar-refractivity contribution in [2.45, 2.75) is 72.0 Å². The fourth-order valence-electron chi connectivity index (χ4n) is 3.41. The highest BCUT2D eigenvalue weighted by molar-refractivity contribution is 7.16. The number of aliphatic hydroxyl groups excluding tert-OH is 1. The van der Waals surface area contributed by atoms with Gasteiger partial charge in [-0.25, -0.2) is 4.98 Å². The minimum atomic E-state index is -0.737. The van der Waals surface area contributed by atoms with Crippen LogP contribution >= 0.6 is 11.3 Å². The third-order valence-corrected chi connectivity index (χ3v) is 6.05. The van der Waals surface area contributed by atoms with Crippen LogP contribution in [-0.4, -0.2) is 43.9 Å². The molecule has 0 aliphatic carbocycles. The highest BCUT2D eigenvalue weighted by atomic mass is 32.1. The van der Waals surface area contributed by atoms with Gasteiger partial charge in [0.2, 0.25) is 5.95 Å². The molecule has 0 amide bonds. The molecule has 1 saturated heterocycles. The molecule has 2 aromatic heterocycles. The number of anilines is 1. The summed E-state index contributed by atoms with van der Waals surface area (Å²) in [5.41, 5.74) is 5.45. The summed E-state index contributed by atoms with van der Waals surface area (Å²) < 4.78 is 13.8. The molecule has 1 aliphatic heterocycles. The molecule has 2 aromatic rings. The van der Waals surface area contributed by atoms with Crippen LogP contribution in [0, 0.1) is 11.3 Å². The quantitative estimate of drug-likeness (QED) is 0.698. The van der Waals surface area contributed by atoms with Gasteiger partial charge in [0.15, 0.2) is 5.65 Å². The van der Waals surface area contributed by atoms with Crippen molar-refractivity contribution in [2.75, 3.05) is 5.73 Å². The topological polar surface area (TPSA) is 130 Å². The summed E-state index contributed by atoms with van der Waals surface area (Å²) in [6, 6.07) is 0. The Morgan fingerprint density at radius 1 is 1.52 bits per heavy atom. The van der Waals surface area contributed by atoms with Crippen LogP contribution in [0.3, 0.4) is 0 Å². The molecule has 3 rings (SSSR count). The Morgan fingerprint density at radius 3 is 2.83 bits per heavy atom. The Labute approximate surface area is 172 Å². The second-order valence-corrected chi connectivity index (χ2v) is 9.45. The Bertz CT molecular complexity index is 950. The SMILES string of the molecule is CCC(O)[C@@H]1C[C@@H](C(C)OC(=O)C(C)(C)C)[C@H](n2c(=O)sc3cnc(N)nc32)O1. The van der Waals surface area contributed by atoms with Crippen molar-refractivity contribution in [1.29, 1.82) is 0 Å². The molecular formula is C19H28N4O5S. The number of fused-ring (bicyclic) bond motifs is 1. The Balaban J connectivity index is 2.00. The molecule has 2 unspecified atom stereocenters. The van der Waals surface area contributed by atoms with Gasteiger partial charge in [0.25, 0.3) is 0 Å². The lowest BCUT2D eigenvalue weighted by molar-refractivity contribution is -0.162. The van der Waals surface area contributed by atoms with E-state index in [9.17, 15) is 14.7 Å². The van der Waals surface area contributed by atoms with E-state index in [1.165, 1.54) is 10.8 Å². The number of rotatable bonds is 5. The van der Waals surface area contributed by atoms with Crippen molar-refractivity contribution in [3.8, 4) is 0 Å². The molecular weight excluding hydrogens is 396 g/mol. The number of esters is 1. The smallest absolute Gasteiger partial charge is 0.311 e. The summed E-state index contributed by atoms with van der Waals surface area (Å²) in [5, 5.41) is 10.3. The highest BCUT2D eigenvalue weighted by Crippen LogP contribution is 2.40. The maximum absolute atomic E-state index is 12.8. The van der Waals surface area contributed by atoms with Gasteiger partial charge in [-0.15, -0.1) is 0 Å². The van der Waals surface area contributed by atoms with Gasteiger partial charge in [0.05, 0.1) is 28.5 Å². The summed E-state index contributed by atoms with van der Waals surface area (Å²) in [7, 11) is 0. The largest absolute Gasteiger partial charge is 0.462 e. The van der Waals surface area contributed by atoms with Crippen molar-refractivity contribution in [3.05, 3.63) is 15.9 Å². The molecule has 29 heavy (non-hydrogen) atoms. The number of carbonyl (C=O) groups excluding carboxylic acids is 1. The van der Waals surface area contributed by atoms with E-state index in [1.54, 1.807) is 27.7 Å². The van der Waals surface area contributed by atoms with Crippen molar-refractivity contribution < 1.29 is 19.4 Å². The van der Waals surface area contributed by atoms with Crippen LogP contribution < -0.4 is 10.6 Å². The van der Waals surface area contributed by atoms with Crippen LogP contribution in [-0.2, 0) is 14.3 Å². The third kappa shape index (κ3) is 4.29. The fraction of sp³-hybridized carbons (Fsp3) is 0.684. The maximum atomic E-state index is 12.8. The van der Waals surface area contributed by atoms with Gasteiger partial charge >= 0.3 is 10.8 Å². The van der Waals surface area contributed by atoms with E-state index < -0.39 is 30.0 Å². The van der Waals surface area contributed by atoms with E-state index in [2.05, 4.69) is 9.97 Å². The summed E-state index contributed by atoms with van der Waals surface area (Å²) in [6.07, 6.45) is 0.0320. The Morgan fingerprint density at radius 2 is 2.21 bits per heavy atom. The fourth-order valence-corrected chi connectivity index (χ4v) is 4.23. The zero-order chi connectivity index (χ0) is 21.5. The van der Waals surface area contributed by atoms with Gasteiger partial charge in [-0.2, -0.15) is 4.98 Å². The number of thiazole rings is 1. The molecule has 0 saturated carbocycles. The number of nitrogen functional groups attached to an aromatic ring is 1. The van der Waals surface area contributed by atoms with Crippen LogP contribution in [0.5, 0.6) is 0 Å². The molecule has 9 nitrogen and oxygen atoms in total. The number of ether oxygens (including phenoxy) is 2. The van der Waals surface area contributed by atoms with E-state index >= 15 is 0 Å². The minimum Gasteiger partial charge on any atom is -0.462 e. The molecule has 3 N–H and O–H groups in total. The summed E-state index contributed by atoms with van der Waals surface area (Å²) in [4.78, 5) is 33.0. The van der Waals surface area contributed by atoms with Gasteiger partial charge in [0, 0.05) is 5.92 Å². The van der Waals surface area contributed by atoms with Crippen LogP contribution in [0.4, 0.5) is 5.95 Å². The predicted octanol–water partition coefficient (Wildman–Crippen LogP) is 2.09. The van der Waals surface area contributed by atoms with Crippen molar-refractivity contribution in [2.24, 2.45) is 11.3 Å². The monoisotopic (exact) mass is 424 g/mol. The van der Waals surface area contributed by atoms with Crippen molar-refractivity contribution >= 4 is 33.6 Å². The first-order valence-electron chi connectivity index (χ1n) is 9.71. The molecule has 0 radical (unpaired) electrons. The summed E-state index contributed by atoms with van der Waals surface area (Å²) >= 11 is 0.998. The molecule has 1 fully saturated rings. The van der Waals surface area contributed by atoms with Gasteiger partial charge < -0.3 is 20.3 Å². The standard InChI is InChI=1S/C19H28N4O5S/c1-6-11(24)12-7-10(9(2)27-16(25)19(3,4)5)15(28-12)23-14-13(29-18(23)26)8-21-17(20)22-14/h8-12,15,24H,6-7H2,1-5H3,(H2,20,21,22)/t9?,10-,11?,12-,15+/m0/s1. The molecule has 10 heteroatoms. The van der Waals surface area contributed by atoms with E-state index in [0.29, 0.717) is 23.2 Å². The van der Waals surface area contributed by atoms with E-state index in [0.717, 1.165) is 11.3 Å². The zero-order valence-electron chi connectivity index (χ0n) is 17.3. The van der Waals surface area contributed by atoms with Gasteiger partial charge in [0.1, 0.15) is 12.3 Å². The lowest BCUT2D eigenvalue weighted by Gasteiger charge is -2.27. The van der Waals surface area contributed by atoms with E-state index in [4.69, 9.17) is 15.2 Å². The Hall–Kier alpha value is -2.04. The first-order valence-corrected chi connectivity index (χ1v) is 10.5. The van der Waals surface area contributed by atoms with E-state index in [1.807, 2.05) is 6.92 Å². The molecule has 0 spiro atoms. The lowest BCUT2D eigenvalue weighted by atomic mass is 9.93. The highest BCUT2D eigenvalue weighted by Gasteiger charge is 2.45. The number of hydrogen-bond donors (Lipinski definition) is 2. The average molecular weight is 425 g/mol. The number of nitrogens with zero attached hydrogens (tertiary/aromatic N) is 3. The zero-order valence-corrected chi connectivity index (χ0v) is 18.1. The predicted molar refractivity (Wildman–Crippen MR) is 109 cm³/mol. The third-order valence-electron chi connectivity index (χ3n) is 5.17. The van der Waals surface area contributed by atoms with Crippen molar-refractivity contribution in [1.82, 2.24) is 14.5 Å². The normalized spacial score (nSPS) is 24.6. The van der Waals surface area contributed by atoms with Gasteiger partial charge in [-0.1, -0.05) is 18.3 Å². The van der Waals surface area contributed by atoms with Crippen LogP contribution in [0.1, 0.15) is 53.7 Å². The molecule has 160 valence electrons. The number of hydrogen-bond acceptors (Lipinski definition) is 9. The molecule has 5 atom stereocenters. The van der Waals surface area contributed by atoms with Crippen molar-refractivity contribution in [3.63, 3.8) is 0 Å². The summed E-state index contributed by atoms with van der Waals surface area (Å²) in [6.45, 7) is 8.99. The average Bonchev–Trinajstić information content (AvgIpc) is 3.20. The molecule has 3 heterocycles. The second kappa shape index (κ2) is 8.00. The van der Waals surface area contributed by atoms with Gasteiger partial charge in [-0.3, -0.25) is 14.2 Å². The Kier molecular flexibility index (Phi) is 5.98. The molecule has 0 bridgehead atoms. The van der Waals surface area contributed by atoms with Crippen LogP contribution in [0.2, 0.25) is 0 Å². The molecule has 1 aliphatic rings. The number of carbonyl (C=O) groups is 1. The summed E-state index contributed by atoms with van der Waals surface area (Å²) in [5.74, 6) is -0.618. The first-order chi connectivity index (χ1) is 13.5. The lowest BCUT2D eigenvalue weighted by Crippen LogP contribution is -2.35. The number of nitrogens with two attached hydrogens (primary N) is 1. The number of aliphatic hydroxyl groups is 1. The minimum absolute atomic E-state index is 0.0518. The van der Waals surface area contributed by atoms with Crippen LogP contribution in [0.25, 0.3) is 10.3 Å². The maximum Gasteiger partial charge on any atom is 0.311 e. The molecule has 0 aromatic carbocycles. The van der Waals surface area contributed by atoms with Gasteiger partial charge in [-0.05, 0) is 40.5 Å².